The lowest BCUT2D eigenvalue weighted by Crippen LogP contribution is -2.06. The molecule has 0 amide bonds. The Morgan fingerprint density at radius 2 is 1.45 bits per heavy atom. The minimum Gasteiger partial charge on any atom is -0.245 e. The van der Waals surface area contributed by atoms with E-state index in [9.17, 15) is 8.42 Å². The molecule has 1 saturated heterocycles. The molecule has 2 unspecified atom stereocenters. The van der Waals surface area contributed by atoms with Gasteiger partial charge in [-0.1, -0.05) is 24.3 Å². The standard InChI is InChI=1S/C7H8O2S2/c8-10-6-3-1-2-4-7(5-6)11(10)9/h1-4,6-7H,5H2/t6-,7+,10?,11?. The molecule has 0 aromatic heterocycles. The lowest BCUT2D eigenvalue weighted by atomic mass is 10.2. The van der Waals surface area contributed by atoms with Gasteiger partial charge in [0.25, 0.3) is 0 Å². The summed E-state index contributed by atoms with van der Waals surface area (Å²) in [6, 6.07) is 0. The van der Waals surface area contributed by atoms with Crippen LogP contribution in [0.4, 0.5) is 0 Å². The van der Waals surface area contributed by atoms with Gasteiger partial charge in [-0.05, 0) is 6.42 Å². The van der Waals surface area contributed by atoms with Gasteiger partial charge in [0.15, 0.2) is 0 Å². The van der Waals surface area contributed by atoms with Crippen molar-refractivity contribution in [3.05, 3.63) is 24.3 Å². The smallest absolute Gasteiger partial charge is 0.118 e. The van der Waals surface area contributed by atoms with Gasteiger partial charge in [0, 0.05) is 0 Å². The molecule has 0 saturated carbocycles. The molecule has 0 N–H and O–H groups in total. The first-order valence-electron chi connectivity index (χ1n) is 3.45. The number of hydrogen-bond acceptors (Lipinski definition) is 2. The lowest BCUT2D eigenvalue weighted by Gasteiger charge is -1.96. The Hall–Kier alpha value is -0.220. The first-order valence-corrected chi connectivity index (χ1v) is 6.40. The maximum Gasteiger partial charge on any atom is 0.118 e. The van der Waals surface area contributed by atoms with Gasteiger partial charge in [0.05, 0.1) is 10.5 Å². The fourth-order valence-corrected chi connectivity index (χ4v) is 5.39. The van der Waals surface area contributed by atoms with Crippen molar-refractivity contribution in [1.82, 2.24) is 0 Å². The lowest BCUT2D eigenvalue weighted by molar-refractivity contribution is 0.678. The van der Waals surface area contributed by atoms with E-state index < -0.39 is 19.7 Å². The monoisotopic (exact) mass is 188 g/mol. The number of rotatable bonds is 0. The highest BCUT2D eigenvalue weighted by atomic mass is 33.1. The summed E-state index contributed by atoms with van der Waals surface area (Å²) in [6.45, 7) is 0. The van der Waals surface area contributed by atoms with Gasteiger partial charge >= 0.3 is 0 Å². The van der Waals surface area contributed by atoms with Gasteiger partial charge in [0.2, 0.25) is 0 Å². The molecule has 2 nitrogen and oxygen atoms in total. The molecule has 2 rings (SSSR count). The van der Waals surface area contributed by atoms with Crippen molar-refractivity contribution < 1.29 is 8.42 Å². The van der Waals surface area contributed by atoms with Gasteiger partial charge in [-0.15, -0.1) is 0 Å². The zero-order valence-electron chi connectivity index (χ0n) is 5.80. The number of hydrogen-bond donors (Lipinski definition) is 0. The fraction of sp³-hybridized carbons (Fsp3) is 0.429. The summed E-state index contributed by atoms with van der Waals surface area (Å²) < 4.78 is 22.5. The van der Waals surface area contributed by atoms with Crippen LogP contribution in [0.2, 0.25) is 0 Å². The van der Waals surface area contributed by atoms with Crippen LogP contribution in [0.15, 0.2) is 24.3 Å². The predicted octanol–water partition coefficient (Wildman–Crippen LogP) is 0.666. The number of fused-ring (bicyclic) bond motifs is 2. The molecule has 1 heterocycles. The normalized spacial score (nSPS) is 47.6. The molecule has 0 radical (unpaired) electrons. The van der Waals surface area contributed by atoms with Crippen LogP contribution in [-0.2, 0) is 19.7 Å². The van der Waals surface area contributed by atoms with E-state index in [1.165, 1.54) is 0 Å². The van der Waals surface area contributed by atoms with E-state index in [1.807, 2.05) is 24.3 Å². The minimum absolute atomic E-state index is 0.0239. The molecule has 4 heteroatoms. The van der Waals surface area contributed by atoms with Gasteiger partial charge in [-0.3, -0.25) is 0 Å². The summed E-state index contributed by atoms with van der Waals surface area (Å²) in [5, 5.41) is 0.0478. The Labute approximate surface area is 69.7 Å². The van der Waals surface area contributed by atoms with E-state index in [1.54, 1.807) is 0 Å². The molecule has 0 aromatic rings. The van der Waals surface area contributed by atoms with E-state index in [-0.39, 0.29) is 10.5 Å². The Bertz CT molecular complexity index is 252. The summed E-state index contributed by atoms with van der Waals surface area (Å²) in [5.74, 6) is 0. The molecular weight excluding hydrogens is 180 g/mol. The van der Waals surface area contributed by atoms with E-state index >= 15 is 0 Å². The van der Waals surface area contributed by atoms with Gasteiger partial charge in [-0.2, -0.15) is 0 Å². The average Bonchev–Trinajstić information content (AvgIpc) is 2.31. The van der Waals surface area contributed by atoms with Crippen molar-refractivity contribution >= 4 is 19.7 Å². The van der Waals surface area contributed by atoms with E-state index in [4.69, 9.17) is 0 Å². The Balaban J connectivity index is 2.40. The molecule has 60 valence electrons. The summed E-state index contributed by atoms with van der Waals surface area (Å²) in [5.41, 5.74) is 0. The van der Waals surface area contributed by atoms with Crippen molar-refractivity contribution in [3.63, 3.8) is 0 Å². The summed E-state index contributed by atoms with van der Waals surface area (Å²) >= 11 is 0. The van der Waals surface area contributed by atoms with Crippen LogP contribution in [-0.4, -0.2) is 18.9 Å². The van der Waals surface area contributed by atoms with Crippen LogP contribution in [0, 0.1) is 0 Å². The van der Waals surface area contributed by atoms with Gasteiger partial charge in [-0.25, -0.2) is 8.42 Å². The quantitative estimate of drug-likeness (QED) is 0.523. The molecule has 2 bridgehead atoms. The SMILES string of the molecule is O=S1[C@@H]2C=CC=C[C@@H](C2)S1=O. The van der Waals surface area contributed by atoms with Crippen molar-refractivity contribution in [3.8, 4) is 0 Å². The molecule has 1 fully saturated rings. The number of allylic oxidation sites excluding steroid dienone is 2. The van der Waals surface area contributed by atoms with Crippen LogP contribution < -0.4 is 0 Å². The van der Waals surface area contributed by atoms with Crippen molar-refractivity contribution in [2.24, 2.45) is 0 Å². The Morgan fingerprint density at radius 1 is 1.00 bits per heavy atom. The summed E-state index contributed by atoms with van der Waals surface area (Å²) in [4.78, 5) is 0. The summed E-state index contributed by atoms with van der Waals surface area (Å²) in [7, 11) is -2.30. The van der Waals surface area contributed by atoms with E-state index in [0.29, 0.717) is 0 Å². The summed E-state index contributed by atoms with van der Waals surface area (Å²) in [6.07, 6.45) is 8.33. The van der Waals surface area contributed by atoms with E-state index in [2.05, 4.69) is 0 Å². The van der Waals surface area contributed by atoms with Gasteiger partial charge in [0.1, 0.15) is 19.7 Å². The molecule has 0 spiro atoms. The predicted molar refractivity (Wildman–Crippen MR) is 46.8 cm³/mol. The van der Waals surface area contributed by atoms with Crippen LogP contribution in [0.3, 0.4) is 0 Å². The topological polar surface area (TPSA) is 34.1 Å². The van der Waals surface area contributed by atoms with Crippen molar-refractivity contribution in [1.29, 1.82) is 0 Å². The first-order chi connectivity index (χ1) is 5.29. The fourth-order valence-electron chi connectivity index (χ4n) is 1.29. The second-order valence-corrected chi connectivity index (χ2v) is 6.83. The molecular formula is C7H8O2S2. The van der Waals surface area contributed by atoms with Crippen LogP contribution in [0.25, 0.3) is 0 Å². The highest BCUT2D eigenvalue weighted by molar-refractivity contribution is 8.62. The highest BCUT2D eigenvalue weighted by Crippen LogP contribution is 2.27. The van der Waals surface area contributed by atoms with Crippen molar-refractivity contribution in [2.45, 2.75) is 16.9 Å². The average molecular weight is 188 g/mol. The van der Waals surface area contributed by atoms with Crippen LogP contribution >= 0.6 is 0 Å². The second kappa shape index (κ2) is 2.68. The highest BCUT2D eigenvalue weighted by Gasteiger charge is 2.36. The second-order valence-electron chi connectivity index (χ2n) is 2.60. The Kier molecular flexibility index (Phi) is 1.81. The largest absolute Gasteiger partial charge is 0.245 e. The minimum atomic E-state index is -1.15. The maximum absolute atomic E-state index is 11.3. The van der Waals surface area contributed by atoms with Crippen molar-refractivity contribution in [2.75, 3.05) is 0 Å². The molecule has 0 aromatic carbocycles. The molecule has 11 heavy (non-hydrogen) atoms. The molecule has 4 atom stereocenters. The van der Waals surface area contributed by atoms with Crippen LogP contribution in [0.1, 0.15) is 6.42 Å². The molecule has 2 aliphatic rings. The van der Waals surface area contributed by atoms with Crippen LogP contribution in [0.5, 0.6) is 0 Å². The Morgan fingerprint density at radius 3 is 1.91 bits per heavy atom. The molecule has 1 aliphatic carbocycles. The third-order valence-corrected chi connectivity index (χ3v) is 6.35. The van der Waals surface area contributed by atoms with E-state index in [0.717, 1.165) is 6.42 Å². The zero-order chi connectivity index (χ0) is 7.84. The maximum atomic E-state index is 11.3. The van der Waals surface area contributed by atoms with Gasteiger partial charge < -0.3 is 0 Å². The molecule has 1 aliphatic heterocycles. The third-order valence-electron chi connectivity index (χ3n) is 1.88. The first kappa shape index (κ1) is 7.43. The third kappa shape index (κ3) is 1.14. The zero-order valence-corrected chi connectivity index (χ0v) is 7.44.